The van der Waals surface area contributed by atoms with E-state index >= 15 is 0 Å². The Morgan fingerprint density at radius 2 is 2.12 bits per heavy atom. The van der Waals surface area contributed by atoms with Gasteiger partial charge in [-0.3, -0.25) is 14.6 Å². The Morgan fingerprint density at radius 3 is 2.73 bits per heavy atom. The third kappa shape index (κ3) is 4.32. The van der Waals surface area contributed by atoms with Gasteiger partial charge in [0, 0.05) is 42.5 Å². The minimum atomic E-state index is 0.00359. The average Bonchev–Trinajstić information content (AvgIpc) is 3.20. The molecule has 0 saturated carbocycles. The maximum Gasteiger partial charge on any atom is 0.264 e. The summed E-state index contributed by atoms with van der Waals surface area (Å²) in [5.74, 6) is 0.117. The maximum absolute atomic E-state index is 12.8. The van der Waals surface area contributed by atoms with E-state index < -0.39 is 0 Å². The monoisotopic (exact) mass is 435 g/mol. The van der Waals surface area contributed by atoms with Crippen LogP contribution in [0, 0.1) is 0 Å². The smallest absolute Gasteiger partial charge is 0.264 e. The van der Waals surface area contributed by atoms with Gasteiger partial charge in [-0.05, 0) is 52.7 Å². The molecule has 2 aromatic heterocycles. The maximum atomic E-state index is 12.8. The van der Waals surface area contributed by atoms with Crippen LogP contribution in [0.4, 0.5) is 0 Å². The van der Waals surface area contributed by atoms with E-state index in [1.54, 1.807) is 18.5 Å². The Bertz CT molecular complexity index is 758. The van der Waals surface area contributed by atoms with Gasteiger partial charge in [0.25, 0.3) is 11.8 Å². The fourth-order valence-corrected chi connectivity index (χ4v) is 4.37. The van der Waals surface area contributed by atoms with Crippen LogP contribution < -0.4 is 0 Å². The number of nitrogens with zero attached hydrogens (tertiary/aromatic N) is 3. The number of likely N-dealkylation sites (tertiary alicyclic amines) is 1. The van der Waals surface area contributed by atoms with Crippen LogP contribution in [-0.4, -0.2) is 52.3 Å². The highest BCUT2D eigenvalue weighted by Crippen LogP contribution is 2.23. The third-order valence-corrected chi connectivity index (χ3v) is 5.89. The number of pyridine rings is 1. The number of halogens is 1. The molecule has 0 bridgehead atoms. The first-order chi connectivity index (χ1) is 12.6. The number of amides is 2. The molecule has 1 fully saturated rings. The molecule has 1 saturated heterocycles. The predicted molar refractivity (Wildman–Crippen MR) is 107 cm³/mol. The summed E-state index contributed by atoms with van der Waals surface area (Å²) in [6.07, 6.45) is 5.82. The molecule has 1 aliphatic rings. The largest absolute Gasteiger partial charge is 0.338 e. The quantitative estimate of drug-likeness (QED) is 0.711. The van der Waals surface area contributed by atoms with Gasteiger partial charge in [-0.15, -0.1) is 11.3 Å². The number of carbonyl (C=O) groups excluding carboxylic acids is 2. The molecule has 138 valence electrons. The van der Waals surface area contributed by atoms with Crippen molar-refractivity contribution in [2.45, 2.75) is 32.2 Å². The van der Waals surface area contributed by atoms with Crippen LogP contribution in [0.2, 0.25) is 0 Å². The van der Waals surface area contributed by atoms with Crippen molar-refractivity contribution in [1.82, 2.24) is 14.8 Å². The Labute approximate surface area is 166 Å². The molecule has 2 amide bonds. The van der Waals surface area contributed by atoms with Crippen molar-refractivity contribution in [2.75, 3.05) is 19.6 Å². The molecule has 0 aromatic carbocycles. The van der Waals surface area contributed by atoms with E-state index in [1.165, 1.54) is 11.3 Å². The lowest BCUT2D eigenvalue weighted by Crippen LogP contribution is -2.49. The average molecular weight is 436 g/mol. The normalized spacial score (nSPS) is 15.1. The van der Waals surface area contributed by atoms with Gasteiger partial charge in [-0.2, -0.15) is 0 Å². The number of hydrogen-bond acceptors (Lipinski definition) is 4. The summed E-state index contributed by atoms with van der Waals surface area (Å²) >= 11 is 4.84. The first-order valence-electron chi connectivity index (χ1n) is 8.84. The molecule has 3 heterocycles. The molecule has 5 nitrogen and oxygen atoms in total. The van der Waals surface area contributed by atoms with Gasteiger partial charge in [-0.25, -0.2) is 0 Å². The van der Waals surface area contributed by atoms with Gasteiger partial charge in [0.1, 0.15) is 0 Å². The zero-order chi connectivity index (χ0) is 18.5. The zero-order valence-electron chi connectivity index (χ0n) is 14.7. The molecular formula is C19H22BrN3O2S. The number of hydrogen-bond donors (Lipinski definition) is 0. The van der Waals surface area contributed by atoms with Crippen molar-refractivity contribution < 1.29 is 9.59 Å². The molecule has 26 heavy (non-hydrogen) atoms. The predicted octanol–water partition coefficient (Wildman–Crippen LogP) is 4.06. The van der Waals surface area contributed by atoms with Crippen molar-refractivity contribution in [2.24, 2.45) is 0 Å². The summed E-state index contributed by atoms with van der Waals surface area (Å²) in [6.45, 7) is 4.17. The van der Waals surface area contributed by atoms with Gasteiger partial charge in [-0.1, -0.05) is 13.0 Å². The van der Waals surface area contributed by atoms with Crippen molar-refractivity contribution >= 4 is 39.1 Å². The Kier molecular flexibility index (Phi) is 6.43. The van der Waals surface area contributed by atoms with Crippen LogP contribution in [0.3, 0.4) is 0 Å². The highest BCUT2D eigenvalue weighted by Gasteiger charge is 2.30. The lowest BCUT2D eigenvalue weighted by Gasteiger charge is -2.38. The van der Waals surface area contributed by atoms with Gasteiger partial charge < -0.3 is 9.80 Å². The van der Waals surface area contributed by atoms with Gasteiger partial charge in [0.05, 0.1) is 10.4 Å². The summed E-state index contributed by atoms with van der Waals surface area (Å²) < 4.78 is 0.800. The van der Waals surface area contributed by atoms with E-state index in [0.29, 0.717) is 18.7 Å². The van der Waals surface area contributed by atoms with Crippen LogP contribution in [-0.2, 0) is 0 Å². The van der Waals surface area contributed by atoms with Crippen LogP contribution in [0.1, 0.15) is 46.2 Å². The number of piperidine rings is 1. The van der Waals surface area contributed by atoms with E-state index in [-0.39, 0.29) is 17.9 Å². The number of rotatable bonds is 5. The molecule has 1 aliphatic heterocycles. The van der Waals surface area contributed by atoms with Gasteiger partial charge >= 0.3 is 0 Å². The first kappa shape index (κ1) is 19.0. The topological polar surface area (TPSA) is 53.5 Å². The van der Waals surface area contributed by atoms with Crippen LogP contribution in [0.5, 0.6) is 0 Å². The second kappa shape index (κ2) is 8.77. The lowest BCUT2D eigenvalue weighted by atomic mass is 10.0. The summed E-state index contributed by atoms with van der Waals surface area (Å²) in [4.78, 5) is 34.2. The van der Waals surface area contributed by atoms with Crippen molar-refractivity contribution in [3.05, 3.63) is 50.9 Å². The first-order valence-corrected chi connectivity index (χ1v) is 10.5. The summed E-state index contributed by atoms with van der Waals surface area (Å²) in [5, 5.41) is 1.94. The minimum Gasteiger partial charge on any atom is -0.338 e. The second-order valence-electron chi connectivity index (χ2n) is 6.39. The summed E-state index contributed by atoms with van der Waals surface area (Å²) in [6, 6.07) is 5.78. The lowest BCUT2D eigenvalue weighted by molar-refractivity contribution is 0.0522. The second-order valence-corrected chi connectivity index (χ2v) is 8.25. The zero-order valence-corrected chi connectivity index (χ0v) is 17.1. The van der Waals surface area contributed by atoms with Gasteiger partial charge in [0.15, 0.2) is 0 Å². The molecule has 0 N–H and O–H groups in total. The highest BCUT2D eigenvalue weighted by molar-refractivity contribution is 9.10. The Hall–Kier alpha value is -1.73. The number of thiophene rings is 1. The Morgan fingerprint density at radius 1 is 1.35 bits per heavy atom. The molecule has 0 radical (unpaired) electrons. The molecular weight excluding hydrogens is 414 g/mol. The molecule has 0 unspecified atom stereocenters. The highest BCUT2D eigenvalue weighted by atomic mass is 79.9. The minimum absolute atomic E-state index is 0.00359. The van der Waals surface area contributed by atoms with E-state index in [9.17, 15) is 9.59 Å². The molecule has 7 heteroatoms. The number of aromatic nitrogens is 1. The van der Waals surface area contributed by atoms with Crippen molar-refractivity contribution in [1.29, 1.82) is 0 Å². The molecule has 0 atom stereocenters. The van der Waals surface area contributed by atoms with E-state index in [0.717, 1.165) is 35.2 Å². The van der Waals surface area contributed by atoms with E-state index in [1.807, 2.05) is 27.3 Å². The Balaban J connectivity index is 1.64. The molecule has 0 aliphatic carbocycles. The van der Waals surface area contributed by atoms with Crippen LogP contribution in [0.15, 0.2) is 40.4 Å². The van der Waals surface area contributed by atoms with Crippen molar-refractivity contribution in [3.8, 4) is 0 Å². The molecule has 0 spiro atoms. The number of carbonyl (C=O) groups is 2. The standard InChI is InChI=1S/C19H22BrN3O2S/c1-2-7-23(19(25)17-4-3-10-26-17)16-5-8-22(9-6-16)18(24)14-11-15(20)13-21-12-14/h3-4,10-13,16H,2,5-9H2,1H3. The van der Waals surface area contributed by atoms with Crippen molar-refractivity contribution in [3.63, 3.8) is 0 Å². The fraction of sp³-hybridized carbons (Fsp3) is 0.421. The molecule has 2 aromatic rings. The molecule has 3 rings (SSSR count). The van der Waals surface area contributed by atoms with E-state index in [4.69, 9.17) is 0 Å². The SMILES string of the molecule is CCCN(C(=O)c1cccs1)C1CCN(C(=O)c2cncc(Br)c2)CC1. The van der Waals surface area contributed by atoms with Crippen LogP contribution >= 0.6 is 27.3 Å². The van der Waals surface area contributed by atoms with Crippen LogP contribution in [0.25, 0.3) is 0 Å². The summed E-state index contributed by atoms with van der Waals surface area (Å²) in [7, 11) is 0. The third-order valence-electron chi connectivity index (χ3n) is 4.60. The summed E-state index contributed by atoms with van der Waals surface area (Å²) in [5.41, 5.74) is 0.595. The van der Waals surface area contributed by atoms with Gasteiger partial charge in [0.2, 0.25) is 0 Å². The fourth-order valence-electron chi connectivity index (χ4n) is 3.32. The van der Waals surface area contributed by atoms with E-state index in [2.05, 4.69) is 27.8 Å².